The zero-order chi connectivity index (χ0) is 15.7. The summed E-state index contributed by atoms with van der Waals surface area (Å²) in [5, 5.41) is 5.85. The third-order valence-electron chi connectivity index (χ3n) is 5.78. The third kappa shape index (κ3) is 4.25. The van der Waals surface area contributed by atoms with Crippen LogP contribution in [0.1, 0.15) is 30.6 Å². The Labute approximate surface area is 166 Å². The molecule has 6 heteroatoms. The van der Waals surface area contributed by atoms with Crippen LogP contribution in [0, 0.1) is 11.3 Å². The van der Waals surface area contributed by atoms with Crippen LogP contribution >= 0.6 is 35.3 Å². The highest BCUT2D eigenvalue weighted by Gasteiger charge is 2.53. The standard InChI is InChI=1S/C18H28N4S.HI/c1-19-17(20-14-18(6-7-18)15-4-5-15)22-10-8-21(9-11-22)13-16-3-2-12-23-16;/h2-3,12,15H,4-11,13-14H2,1H3,(H,19,20);1H. The van der Waals surface area contributed by atoms with E-state index in [4.69, 9.17) is 0 Å². The second kappa shape index (κ2) is 7.91. The van der Waals surface area contributed by atoms with Crippen molar-refractivity contribution in [2.45, 2.75) is 32.2 Å². The summed E-state index contributed by atoms with van der Waals surface area (Å²) in [7, 11) is 1.93. The molecule has 24 heavy (non-hydrogen) atoms. The van der Waals surface area contributed by atoms with E-state index in [-0.39, 0.29) is 24.0 Å². The first-order valence-electron chi connectivity index (χ1n) is 8.99. The molecule has 134 valence electrons. The minimum Gasteiger partial charge on any atom is -0.356 e. The Morgan fingerprint density at radius 2 is 2.04 bits per heavy atom. The zero-order valence-electron chi connectivity index (χ0n) is 14.5. The van der Waals surface area contributed by atoms with Crippen LogP contribution in [0.25, 0.3) is 0 Å². The van der Waals surface area contributed by atoms with Crippen molar-refractivity contribution >= 4 is 41.3 Å². The van der Waals surface area contributed by atoms with Crippen LogP contribution < -0.4 is 5.32 Å². The predicted molar refractivity (Wildman–Crippen MR) is 112 cm³/mol. The van der Waals surface area contributed by atoms with Crippen molar-refractivity contribution in [1.29, 1.82) is 0 Å². The lowest BCUT2D eigenvalue weighted by atomic mass is 10.0. The average molecular weight is 460 g/mol. The molecule has 1 aliphatic heterocycles. The highest BCUT2D eigenvalue weighted by atomic mass is 127. The lowest BCUT2D eigenvalue weighted by molar-refractivity contribution is 0.173. The fraction of sp³-hybridized carbons (Fsp3) is 0.722. The van der Waals surface area contributed by atoms with Gasteiger partial charge in [0.25, 0.3) is 0 Å². The van der Waals surface area contributed by atoms with Crippen molar-refractivity contribution in [3.05, 3.63) is 22.4 Å². The highest BCUT2D eigenvalue weighted by molar-refractivity contribution is 14.0. The molecule has 3 fully saturated rings. The van der Waals surface area contributed by atoms with Gasteiger partial charge in [-0.3, -0.25) is 9.89 Å². The van der Waals surface area contributed by atoms with Crippen LogP contribution in [-0.2, 0) is 6.54 Å². The molecule has 2 saturated carbocycles. The van der Waals surface area contributed by atoms with Gasteiger partial charge in [-0.1, -0.05) is 6.07 Å². The van der Waals surface area contributed by atoms with Crippen molar-refractivity contribution in [2.75, 3.05) is 39.8 Å². The molecule has 0 unspecified atom stereocenters. The maximum atomic E-state index is 4.54. The average Bonchev–Trinajstić information content (AvgIpc) is 3.49. The van der Waals surface area contributed by atoms with Gasteiger partial charge in [0.1, 0.15) is 0 Å². The minimum absolute atomic E-state index is 0. The number of piperazine rings is 1. The summed E-state index contributed by atoms with van der Waals surface area (Å²) >= 11 is 1.86. The normalized spacial score (nSPS) is 23.7. The molecule has 0 atom stereocenters. The molecule has 4 rings (SSSR count). The number of thiophene rings is 1. The Kier molecular flexibility index (Phi) is 6.08. The number of guanidine groups is 1. The molecular weight excluding hydrogens is 431 g/mol. The van der Waals surface area contributed by atoms with E-state index < -0.39 is 0 Å². The van der Waals surface area contributed by atoms with Gasteiger partial charge >= 0.3 is 0 Å². The molecule has 0 amide bonds. The molecule has 1 aromatic rings. The monoisotopic (exact) mass is 460 g/mol. The van der Waals surface area contributed by atoms with Crippen LogP contribution in [-0.4, -0.2) is 55.5 Å². The van der Waals surface area contributed by atoms with Gasteiger partial charge in [-0.15, -0.1) is 35.3 Å². The quantitative estimate of drug-likeness (QED) is 0.416. The summed E-state index contributed by atoms with van der Waals surface area (Å²) in [6, 6.07) is 4.39. The molecule has 1 saturated heterocycles. The first-order valence-corrected chi connectivity index (χ1v) is 9.87. The Hall–Kier alpha value is -0.340. The molecule has 2 heterocycles. The van der Waals surface area contributed by atoms with Gasteiger partial charge in [-0.2, -0.15) is 0 Å². The SMILES string of the molecule is CN=C(NCC1(C2CC2)CC1)N1CCN(Cc2cccs2)CC1.I. The van der Waals surface area contributed by atoms with Crippen LogP contribution in [0.5, 0.6) is 0 Å². The van der Waals surface area contributed by atoms with Gasteiger partial charge in [0, 0.05) is 51.2 Å². The van der Waals surface area contributed by atoms with Crippen molar-refractivity contribution in [3.63, 3.8) is 0 Å². The van der Waals surface area contributed by atoms with Crippen LogP contribution in [0.3, 0.4) is 0 Å². The fourth-order valence-corrected chi connectivity index (χ4v) is 4.66. The first kappa shape index (κ1) is 18.5. The molecule has 1 N–H and O–H groups in total. The summed E-state index contributed by atoms with van der Waals surface area (Å²) in [6.45, 7) is 6.67. The third-order valence-corrected chi connectivity index (χ3v) is 6.64. The Balaban J connectivity index is 0.00000169. The van der Waals surface area contributed by atoms with Crippen molar-refractivity contribution in [2.24, 2.45) is 16.3 Å². The summed E-state index contributed by atoms with van der Waals surface area (Å²) in [5.74, 6) is 2.13. The smallest absolute Gasteiger partial charge is 0.193 e. The molecule has 3 aliphatic rings. The Morgan fingerprint density at radius 1 is 1.29 bits per heavy atom. The van der Waals surface area contributed by atoms with Gasteiger partial charge in [-0.05, 0) is 48.5 Å². The second-order valence-electron chi connectivity index (χ2n) is 7.38. The van der Waals surface area contributed by atoms with Gasteiger partial charge < -0.3 is 10.2 Å². The number of rotatable bonds is 5. The molecule has 0 aromatic carbocycles. The number of hydrogen-bond acceptors (Lipinski definition) is 3. The van der Waals surface area contributed by atoms with Crippen LogP contribution in [0.4, 0.5) is 0 Å². The van der Waals surface area contributed by atoms with E-state index in [9.17, 15) is 0 Å². The van der Waals surface area contributed by atoms with Crippen LogP contribution in [0.15, 0.2) is 22.5 Å². The van der Waals surface area contributed by atoms with E-state index in [1.807, 2.05) is 18.4 Å². The molecule has 0 radical (unpaired) electrons. The lowest BCUT2D eigenvalue weighted by Crippen LogP contribution is -2.52. The van der Waals surface area contributed by atoms with E-state index in [1.54, 1.807) is 0 Å². The molecule has 1 aromatic heterocycles. The maximum absolute atomic E-state index is 4.54. The highest BCUT2D eigenvalue weighted by Crippen LogP contribution is 2.60. The van der Waals surface area contributed by atoms with Gasteiger partial charge in [-0.25, -0.2) is 0 Å². The zero-order valence-corrected chi connectivity index (χ0v) is 17.7. The number of nitrogens with one attached hydrogen (secondary N) is 1. The van der Waals surface area contributed by atoms with E-state index in [0.29, 0.717) is 5.41 Å². The largest absolute Gasteiger partial charge is 0.356 e. The Bertz CT molecular complexity index is 543. The molecule has 0 spiro atoms. The number of nitrogens with zero attached hydrogens (tertiary/aromatic N) is 3. The van der Waals surface area contributed by atoms with Crippen LogP contribution in [0.2, 0.25) is 0 Å². The van der Waals surface area contributed by atoms with E-state index in [1.165, 1.54) is 30.6 Å². The topological polar surface area (TPSA) is 30.9 Å². The number of hydrogen-bond donors (Lipinski definition) is 1. The van der Waals surface area contributed by atoms with Crippen molar-refractivity contribution in [1.82, 2.24) is 15.1 Å². The van der Waals surface area contributed by atoms with Gasteiger partial charge in [0.15, 0.2) is 5.96 Å². The summed E-state index contributed by atoms with van der Waals surface area (Å²) in [4.78, 5) is 11.0. The van der Waals surface area contributed by atoms with Crippen molar-refractivity contribution < 1.29 is 0 Å². The second-order valence-corrected chi connectivity index (χ2v) is 8.41. The van der Waals surface area contributed by atoms with E-state index >= 15 is 0 Å². The summed E-state index contributed by atoms with van der Waals surface area (Å²) in [5.41, 5.74) is 0.636. The van der Waals surface area contributed by atoms with E-state index in [2.05, 4.69) is 37.6 Å². The van der Waals surface area contributed by atoms with Gasteiger partial charge in [0.05, 0.1) is 0 Å². The lowest BCUT2D eigenvalue weighted by Gasteiger charge is -2.36. The maximum Gasteiger partial charge on any atom is 0.193 e. The predicted octanol–water partition coefficient (Wildman–Crippen LogP) is 3.25. The minimum atomic E-state index is 0. The fourth-order valence-electron chi connectivity index (χ4n) is 3.91. The molecule has 0 bridgehead atoms. The first-order chi connectivity index (χ1) is 11.3. The summed E-state index contributed by atoms with van der Waals surface area (Å²) < 4.78 is 0. The van der Waals surface area contributed by atoms with Crippen molar-refractivity contribution in [3.8, 4) is 0 Å². The van der Waals surface area contributed by atoms with Gasteiger partial charge in [0.2, 0.25) is 0 Å². The molecular formula is C18H29IN4S. The molecule has 2 aliphatic carbocycles. The summed E-state index contributed by atoms with van der Waals surface area (Å²) in [6.07, 6.45) is 5.77. The number of halogens is 1. The van der Waals surface area contributed by atoms with E-state index in [0.717, 1.165) is 51.1 Å². The Morgan fingerprint density at radius 3 is 2.58 bits per heavy atom. The number of aliphatic imine (C=N–C) groups is 1. The molecule has 4 nitrogen and oxygen atoms in total.